The van der Waals surface area contributed by atoms with Crippen LogP contribution in [-0.4, -0.2) is 41.8 Å². The molecule has 0 saturated heterocycles. The second kappa shape index (κ2) is 4.04. The van der Waals surface area contributed by atoms with Crippen LogP contribution in [0.3, 0.4) is 0 Å². The van der Waals surface area contributed by atoms with Gasteiger partial charge in [0.05, 0.1) is 6.61 Å². The van der Waals surface area contributed by atoms with Crippen LogP contribution >= 0.6 is 0 Å². The highest BCUT2D eigenvalue weighted by molar-refractivity contribution is 4.87. The highest BCUT2D eigenvalue weighted by Crippen LogP contribution is 2.27. The monoisotopic (exact) mass is 158 g/mol. The number of aliphatic hydroxyl groups is 1. The van der Waals surface area contributed by atoms with Gasteiger partial charge in [0.15, 0.2) is 0 Å². The van der Waals surface area contributed by atoms with Gasteiger partial charge >= 0.3 is 0 Å². The number of rotatable bonds is 5. The van der Waals surface area contributed by atoms with E-state index < -0.39 is 0 Å². The smallest absolute Gasteiger partial charge is 0.0558 e. The molecular formula is C8H18N2O. The van der Waals surface area contributed by atoms with Gasteiger partial charge in [-0.05, 0) is 19.8 Å². The van der Waals surface area contributed by atoms with Crippen LogP contribution < -0.4 is 5.73 Å². The van der Waals surface area contributed by atoms with E-state index in [1.807, 2.05) is 0 Å². The fourth-order valence-electron chi connectivity index (χ4n) is 1.42. The van der Waals surface area contributed by atoms with Crippen molar-refractivity contribution in [2.45, 2.75) is 31.8 Å². The lowest BCUT2D eigenvalue weighted by Crippen LogP contribution is -2.41. The van der Waals surface area contributed by atoms with Crippen LogP contribution in [-0.2, 0) is 0 Å². The Labute approximate surface area is 68.2 Å². The Morgan fingerprint density at radius 1 is 1.64 bits per heavy atom. The third-order valence-corrected chi connectivity index (χ3v) is 2.28. The molecular weight excluding hydrogens is 140 g/mol. The van der Waals surface area contributed by atoms with Crippen molar-refractivity contribution in [3.8, 4) is 0 Å². The Hall–Kier alpha value is -0.120. The van der Waals surface area contributed by atoms with Gasteiger partial charge in [0, 0.05) is 25.2 Å². The molecule has 0 aromatic carbocycles. The first-order valence-corrected chi connectivity index (χ1v) is 4.36. The molecule has 0 aliphatic heterocycles. The van der Waals surface area contributed by atoms with Crippen molar-refractivity contribution in [1.82, 2.24) is 4.90 Å². The topological polar surface area (TPSA) is 49.5 Å². The summed E-state index contributed by atoms with van der Waals surface area (Å²) < 4.78 is 0. The summed E-state index contributed by atoms with van der Waals surface area (Å²) in [6, 6.07) is 1.13. The van der Waals surface area contributed by atoms with Crippen molar-refractivity contribution in [2.75, 3.05) is 19.7 Å². The Morgan fingerprint density at radius 2 is 2.27 bits per heavy atom. The molecule has 1 unspecified atom stereocenters. The second-order valence-electron chi connectivity index (χ2n) is 3.28. The zero-order chi connectivity index (χ0) is 8.27. The molecule has 0 amide bonds. The van der Waals surface area contributed by atoms with Gasteiger partial charge in [-0.1, -0.05) is 0 Å². The van der Waals surface area contributed by atoms with E-state index in [0.29, 0.717) is 18.6 Å². The summed E-state index contributed by atoms with van der Waals surface area (Å²) in [7, 11) is 0. The molecule has 3 N–H and O–H groups in total. The fraction of sp³-hybridized carbons (Fsp3) is 1.00. The number of aliphatic hydroxyl groups excluding tert-OH is 1. The maximum absolute atomic E-state index is 8.78. The molecule has 0 heterocycles. The van der Waals surface area contributed by atoms with Gasteiger partial charge in [-0.25, -0.2) is 0 Å². The van der Waals surface area contributed by atoms with E-state index in [0.717, 1.165) is 6.54 Å². The quantitative estimate of drug-likeness (QED) is 0.582. The molecule has 1 saturated carbocycles. The number of nitrogens with zero attached hydrogens (tertiary/aromatic N) is 1. The minimum Gasteiger partial charge on any atom is -0.395 e. The lowest BCUT2D eigenvalue weighted by molar-refractivity contribution is 0.153. The highest BCUT2D eigenvalue weighted by Gasteiger charge is 2.30. The summed E-state index contributed by atoms with van der Waals surface area (Å²) in [5.74, 6) is 0. The van der Waals surface area contributed by atoms with Crippen LogP contribution in [0.4, 0.5) is 0 Å². The first-order chi connectivity index (χ1) is 5.29. The van der Waals surface area contributed by atoms with Gasteiger partial charge < -0.3 is 10.8 Å². The van der Waals surface area contributed by atoms with E-state index in [1.54, 1.807) is 0 Å². The first-order valence-electron chi connectivity index (χ1n) is 4.36. The first kappa shape index (κ1) is 8.97. The van der Waals surface area contributed by atoms with Gasteiger partial charge in [0.25, 0.3) is 0 Å². The molecule has 0 radical (unpaired) electrons. The van der Waals surface area contributed by atoms with Crippen LogP contribution in [0.25, 0.3) is 0 Å². The molecule has 11 heavy (non-hydrogen) atoms. The summed E-state index contributed by atoms with van der Waals surface area (Å²) in [5.41, 5.74) is 5.55. The SMILES string of the molecule is CC(CN)N(CCO)C1CC1. The Morgan fingerprint density at radius 3 is 2.64 bits per heavy atom. The van der Waals surface area contributed by atoms with Gasteiger partial charge in [0.1, 0.15) is 0 Å². The zero-order valence-corrected chi connectivity index (χ0v) is 7.16. The van der Waals surface area contributed by atoms with Crippen LogP contribution in [0.15, 0.2) is 0 Å². The van der Waals surface area contributed by atoms with Crippen molar-refractivity contribution in [3.05, 3.63) is 0 Å². The Balaban J connectivity index is 2.30. The lowest BCUT2D eigenvalue weighted by atomic mass is 10.3. The van der Waals surface area contributed by atoms with E-state index in [4.69, 9.17) is 10.8 Å². The molecule has 1 rings (SSSR count). The van der Waals surface area contributed by atoms with E-state index >= 15 is 0 Å². The Kier molecular flexibility index (Phi) is 3.30. The Bertz CT molecular complexity index is 115. The molecule has 0 spiro atoms. The van der Waals surface area contributed by atoms with Crippen LogP contribution in [0.5, 0.6) is 0 Å². The lowest BCUT2D eigenvalue weighted by Gasteiger charge is -2.27. The molecule has 1 atom stereocenters. The number of hydrogen-bond donors (Lipinski definition) is 2. The maximum atomic E-state index is 8.78. The fourth-order valence-corrected chi connectivity index (χ4v) is 1.42. The van der Waals surface area contributed by atoms with Crippen molar-refractivity contribution in [1.29, 1.82) is 0 Å². The minimum absolute atomic E-state index is 0.251. The third kappa shape index (κ3) is 2.43. The maximum Gasteiger partial charge on any atom is 0.0558 e. The minimum atomic E-state index is 0.251. The van der Waals surface area contributed by atoms with E-state index in [9.17, 15) is 0 Å². The molecule has 1 aliphatic rings. The van der Waals surface area contributed by atoms with E-state index in [-0.39, 0.29) is 6.61 Å². The third-order valence-electron chi connectivity index (χ3n) is 2.28. The van der Waals surface area contributed by atoms with Crippen molar-refractivity contribution >= 4 is 0 Å². The van der Waals surface area contributed by atoms with Crippen molar-refractivity contribution < 1.29 is 5.11 Å². The van der Waals surface area contributed by atoms with Crippen molar-refractivity contribution in [2.24, 2.45) is 5.73 Å². The number of nitrogens with two attached hydrogens (primary N) is 1. The zero-order valence-electron chi connectivity index (χ0n) is 7.16. The average molecular weight is 158 g/mol. The molecule has 0 aromatic rings. The highest BCUT2D eigenvalue weighted by atomic mass is 16.3. The molecule has 3 nitrogen and oxygen atoms in total. The molecule has 66 valence electrons. The number of hydrogen-bond acceptors (Lipinski definition) is 3. The average Bonchev–Trinajstić information content (AvgIpc) is 2.81. The molecule has 1 fully saturated rings. The van der Waals surface area contributed by atoms with Gasteiger partial charge in [-0.3, -0.25) is 4.90 Å². The summed E-state index contributed by atoms with van der Waals surface area (Å²) in [5, 5.41) is 8.78. The van der Waals surface area contributed by atoms with Crippen molar-refractivity contribution in [3.63, 3.8) is 0 Å². The predicted molar refractivity (Wildman–Crippen MR) is 45.3 cm³/mol. The summed E-state index contributed by atoms with van der Waals surface area (Å²) in [6.07, 6.45) is 2.56. The second-order valence-corrected chi connectivity index (χ2v) is 3.28. The van der Waals surface area contributed by atoms with Crippen LogP contribution in [0, 0.1) is 0 Å². The van der Waals surface area contributed by atoms with Crippen LogP contribution in [0.2, 0.25) is 0 Å². The van der Waals surface area contributed by atoms with Gasteiger partial charge in [-0.15, -0.1) is 0 Å². The molecule has 0 aromatic heterocycles. The summed E-state index contributed by atoms with van der Waals surface area (Å²) in [4.78, 5) is 2.31. The molecule has 0 bridgehead atoms. The standard InChI is InChI=1S/C8H18N2O/c1-7(6-9)10(4-5-11)8-2-3-8/h7-8,11H,2-6,9H2,1H3. The van der Waals surface area contributed by atoms with Gasteiger partial charge in [0.2, 0.25) is 0 Å². The van der Waals surface area contributed by atoms with Gasteiger partial charge in [-0.2, -0.15) is 0 Å². The molecule has 3 heteroatoms. The molecule has 1 aliphatic carbocycles. The predicted octanol–water partition coefficient (Wildman–Crippen LogP) is -0.210. The van der Waals surface area contributed by atoms with Crippen LogP contribution in [0.1, 0.15) is 19.8 Å². The normalized spacial score (nSPS) is 20.7. The largest absolute Gasteiger partial charge is 0.395 e. The summed E-state index contributed by atoms with van der Waals surface area (Å²) in [6.45, 7) is 3.84. The summed E-state index contributed by atoms with van der Waals surface area (Å²) >= 11 is 0. The van der Waals surface area contributed by atoms with E-state index in [2.05, 4.69) is 11.8 Å². The van der Waals surface area contributed by atoms with E-state index in [1.165, 1.54) is 12.8 Å².